The van der Waals surface area contributed by atoms with Gasteiger partial charge in [-0.3, -0.25) is 14.4 Å². The maximum Gasteiger partial charge on any atom is 0.326 e. The third kappa shape index (κ3) is 8.63. The van der Waals surface area contributed by atoms with Crippen LogP contribution < -0.4 is 21.7 Å². The minimum atomic E-state index is -1.40. The Morgan fingerprint density at radius 3 is 1.71 bits per heavy atom. The first-order valence-corrected chi connectivity index (χ1v) is 9.05. The zero-order valence-corrected chi connectivity index (χ0v) is 16.6. The summed E-state index contributed by atoms with van der Waals surface area (Å²) in [7, 11) is 0. The number of carboxylic acids is 1. The molecule has 0 fully saturated rings. The molecule has 0 saturated carbocycles. The minimum Gasteiger partial charge on any atom is -0.480 e. The first-order chi connectivity index (χ1) is 12.9. The summed E-state index contributed by atoms with van der Waals surface area (Å²) in [5.74, 6) is -3.99. The van der Waals surface area contributed by atoms with Crippen LogP contribution in [0.15, 0.2) is 0 Å². The molecule has 11 heteroatoms. The SMILES string of the molecule is CC(C)CC(NC(=O)C(N)CO)C(=O)NC(CO)C(=O)NC(C(=O)O)C(C)C. The van der Waals surface area contributed by atoms with E-state index in [9.17, 15) is 24.3 Å². The van der Waals surface area contributed by atoms with Crippen LogP contribution in [0.4, 0.5) is 0 Å². The van der Waals surface area contributed by atoms with Crippen molar-refractivity contribution in [3.05, 3.63) is 0 Å². The van der Waals surface area contributed by atoms with E-state index in [-0.39, 0.29) is 12.3 Å². The molecule has 0 aliphatic rings. The molecule has 0 saturated heterocycles. The van der Waals surface area contributed by atoms with Gasteiger partial charge in [0.25, 0.3) is 0 Å². The van der Waals surface area contributed by atoms with E-state index in [0.29, 0.717) is 0 Å². The van der Waals surface area contributed by atoms with Crippen molar-refractivity contribution < 1.29 is 34.5 Å². The monoisotopic (exact) mass is 404 g/mol. The van der Waals surface area contributed by atoms with Gasteiger partial charge < -0.3 is 37.0 Å². The molecule has 0 aliphatic carbocycles. The number of nitrogens with two attached hydrogens (primary N) is 1. The highest BCUT2D eigenvalue weighted by molar-refractivity contribution is 5.94. The van der Waals surface area contributed by atoms with Gasteiger partial charge in [0.05, 0.1) is 13.2 Å². The van der Waals surface area contributed by atoms with Gasteiger partial charge >= 0.3 is 5.97 Å². The molecule has 0 heterocycles. The molecule has 0 radical (unpaired) electrons. The normalized spacial score (nSPS) is 15.5. The lowest BCUT2D eigenvalue weighted by Gasteiger charge is -2.25. The lowest BCUT2D eigenvalue weighted by molar-refractivity contribution is -0.143. The van der Waals surface area contributed by atoms with Crippen molar-refractivity contribution in [3.8, 4) is 0 Å². The van der Waals surface area contributed by atoms with Crippen molar-refractivity contribution in [1.29, 1.82) is 0 Å². The van der Waals surface area contributed by atoms with E-state index < -0.39 is 67.0 Å². The summed E-state index contributed by atoms with van der Waals surface area (Å²) in [6.07, 6.45) is 0.221. The molecule has 0 rings (SSSR count). The Bertz CT molecular complexity index is 554. The predicted molar refractivity (Wildman–Crippen MR) is 99.9 cm³/mol. The van der Waals surface area contributed by atoms with Crippen LogP contribution in [0.2, 0.25) is 0 Å². The van der Waals surface area contributed by atoms with Crippen molar-refractivity contribution in [2.24, 2.45) is 17.6 Å². The Morgan fingerprint density at radius 1 is 0.821 bits per heavy atom. The molecule has 0 aromatic rings. The third-order valence-electron chi connectivity index (χ3n) is 3.92. The van der Waals surface area contributed by atoms with Gasteiger partial charge in [-0.2, -0.15) is 0 Å². The molecular weight excluding hydrogens is 372 g/mol. The highest BCUT2D eigenvalue weighted by Gasteiger charge is 2.31. The minimum absolute atomic E-state index is 0.000126. The van der Waals surface area contributed by atoms with E-state index in [2.05, 4.69) is 16.0 Å². The quantitative estimate of drug-likeness (QED) is 0.186. The number of nitrogens with one attached hydrogen (secondary N) is 3. The molecule has 11 nitrogen and oxygen atoms in total. The first-order valence-electron chi connectivity index (χ1n) is 9.05. The molecule has 8 N–H and O–H groups in total. The van der Waals surface area contributed by atoms with Gasteiger partial charge in [-0.25, -0.2) is 4.79 Å². The highest BCUT2D eigenvalue weighted by atomic mass is 16.4. The van der Waals surface area contributed by atoms with Crippen LogP contribution >= 0.6 is 0 Å². The van der Waals surface area contributed by atoms with Gasteiger partial charge in [-0.15, -0.1) is 0 Å². The standard InChI is InChI=1S/C17H32N4O7/c1-8(2)5-11(19-14(24)10(18)6-22)15(25)20-12(7-23)16(26)21-13(9(3)4)17(27)28/h8-13,22-23H,5-7,18H2,1-4H3,(H,19,24)(H,20,25)(H,21,26)(H,27,28). The Morgan fingerprint density at radius 2 is 1.32 bits per heavy atom. The van der Waals surface area contributed by atoms with E-state index in [4.69, 9.17) is 15.9 Å². The van der Waals surface area contributed by atoms with E-state index >= 15 is 0 Å². The van der Waals surface area contributed by atoms with Crippen LogP contribution in [0.5, 0.6) is 0 Å². The zero-order chi connectivity index (χ0) is 22.0. The molecule has 162 valence electrons. The average Bonchev–Trinajstić information content (AvgIpc) is 2.61. The van der Waals surface area contributed by atoms with Gasteiger partial charge in [0.1, 0.15) is 24.2 Å². The summed E-state index contributed by atoms with van der Waals surface area (Å²) < 4.78 is 0. The number of hydrogen-bond donors (Lipinski definition) is 7. The number of aliphatic carboxylic acids is 1. The van der Waals surface area contributed by atoms with Crippen LogP contribution in [0.1, 0.15) is 34.1 Å². The Kier molecular flexibility index (Phi) is 11.3. The molecular formula is C17H32N4O7. The third-order valence-corrected chi connectivity index (χ3v) is 3.92. The fraction of sp³-hybridized carbons (Fsp3) is 0.765. The summed E-state index contributed by atoms with van der Waals surface area (Å²) in [4.78, 5) is 47.9. The summed E-state index contributed by atoms with van der Waals surface area (Å²) >= 11 is 0. The molecule has 4 atom stereocenters. The molecule has 4 unspecified atom stereocenters. The Labute approximate surface area is 164 Å². The molecule has 28 heavy (non-hydrogen) atoms. The number of aliphatic hydroxyl groups is 2. The number of rotatable bonds is 12. The van der Waals surface area contributed by atoms with Crippen molar-refractivity contribution in [3.63, 3.8) is 0 Å². The predicted octanol–water partition coefficient (Wildman–Crippen LogP) is -2.46. The topological polar surface area (TPSA) is 191 Å². The molecule has 0 spiro atoms. The maximum atomic E-state index is 12.5. The van der Waals surface area contributed by atoms with Crippen LogP contribution in [-0.2, 0) is 19.2 Å². The summed E-state index contributed by atoms with van der Waals surface area (Å²) in [5, 5.41) is 34.5. The fourth-order valence-electron chi connectivity index (χ4n) is 2.30. The second-order valence-electron chi connectivity index (χ2n) is 7.29. The van der Waals surface area contributed by atoms with Crippen LogP contribution in [0.25, 0.3) is 0 Å². The van der Waals surface area contributed by atoms with Gasteiger partial charge in [-0.1, -0.05) is 27.7 Å². The number of carboxylic acid groups (broad SMARTS) is 1. The number of carbonyl (C=O) groups is 4. The number of amides is 3. The summed E-state index contributed by atoms with van der Waals surface area (Å²) in [6, 6.07) is -4.84. The Balaban J connectivity index is 5.19. The smallest absolute Gasteiger partial charge is 0.326 e. The van der Waals surface area contributed by atoms with Gasteiger partial charge in [0.2, 0.25) is 17.7 Å². The number of aliphatic hydroxyl groups excluding tert-OH is 2. The lowest BCUT2D eigenvalue weighted by Crippen LogP contribution is -2.59. The van der Waals surface area contributed by atoms with Crippen molar-refractivity contribution in [1.82, 2.24) is 16.0 Å². The molecule has 0 aliphatic heterocycles. The van der Waals surface area contributed by atoms with Gasteiger partial charge in [0, 0.05) is 0 Å². The van der Waals surface area contributed by atoms with E-state index in [1.165, 1.54) is 0 Å². The zero-order valence-electron chi connectivity index (χ0n) is 16.6. The number of hydrogen-bond acceptors (Lipinski definition) is 7. The first kappa shape index (κ1) is 25.8. The van der Waals surface area contributed by atoms with E-state index in [1.807, 2.05) is 13.8 Å². The Hall–Kier alpha value is -2.24. The van der Waals surface area contributed by atoms with E-state index in [0.717, 1.165) is 0 Å². The second-order valence-corrected chi connectivity index (χ2v) is 7.29. The molecule has 0 bridgehead atoms. The molecule has 0 aromatic carbocycles. The highest BCUT2D eigenvalue weighted by Crippen LogP contribution is 2.07. The molecule has 3 amide bonds. The second kappa shape index (κ2) is 12.3. The largest absolute Gasteiger partial charge is 0.480 e. The molecule has 0 aromatic heterocycles. The van der Waals surface area contributed by atoms with Gasteiger partial charge in [0.15, 0.2) is 0 Å². The van der Waals surface area contributed by atoms with Crippen LogP contribution in [0, 0.1) is 11.8 Å². The summed E-state index contributed by atoms with van der Waals surface area (Å²) in [5.41, 5.74) is 5.43. The number of carbonyl (C=O) groups excluding carboxylic acids is 3. The van der Waals surface area contributed by atoms with Crippen molar-refractivity contribution in [2.45, 2.75) is 58.3 Å². The van der Waals surface area contributed by atoms with Crippen LogP contribution in [0.3, 0.4) is 0 Å². The lowest BCUT2D eigenvalue weighted by atomic mass is 10.0. The average molecular weight is 404 g/mol. The fourth-order valence-corrected chi connectivity index (χ4v) is 2.30. The van der Waals surface area contributed by atoms with Crippen LogP contribution in [-0.4, -0.2) is 76.4 Å². The van der Waals surface area contributed by atoms with E-state index in [1.54, 1.807) is 13.8 Å². The van der Waals surface area contributed by atoms with Gasteiger partial charge in [-0.05, 0) is 18.3 Å². The van der Waals surface area contributed by atoms with Crippen molar-refractivity contribution >= 4 is 23.7 Å². The van der Waals surface area contributed by atoms with Crippen molar-refractivity contribution in [2.75, 3.05) is 13.2 Å². The maximum absolute atomic E-state index is 12.5. The summed E-state index contributed by atoms with van der Waals surface area (Å²) in [6.45, 7) is 5.47.